The molecule has 0 heterocycles. The zero-order valence-corrected chi connectivity index (χ0v) is 15.4. The first-order valence-electron chi connectivity index (χ1n) is 6.38. The maximum atomic E-state index is 12.7. The Morgan fingerprint density at radius 3 is 2.32 bits per heavy atom. The minimum atomic E-state index is -3.84. The minimum absolute atomic E-state index is 0.0166. The van der Waals surface area contributed by atoms with Crippen molar-refractivity contribution >= 4 is 43.2 Å². The van der Waals surface area contributed by atoms with Gasteiger partial charge >= 0.3 is 0 Å². The van der Waals surface area contributed by atoms with Crippen molar-refractivity contribution in [2.45, 2.75) is 18.7 Å². The van der Waals surface area contributed by atoms with Crippen LogP contribution in [0.5, 0.6) is 5.75 Å². The quantitative estimate of drug-likeness (QED) is 0.814. The summed E-state index contributed by atoms with van der Waals surface area (Å²) in [5.41, 5.74) is 2.23. The Balaban J connectivity index is 2.57. The van der Waals surface area contributed by atoms with Crippen molar-refractivity contribution in [1.29, 1.82) is 0 Å². The molecule has 118 valence electrons. The molecular formula is C15H15BrClNO3S. The average Bonchev–Trinajstić information content (AvgIpc) is 2.42. The van der Waals surface area contributed by atoms with Gasteiger partial charge in [-0.25, -0.2) is 8.42 Å². The molecule has 0 amide bonds. The van der Waals surface area contributed by atoms with Crippen LogP contribution in [0.3, 0.4) is 0 Å². The molecule has 1 N–H and O–H groups in total. The number of methoxy groups -OCH3 is 1. The summed E-state index contributed by atoms with van der Waals surface area (Å²) in [7, 11) is -2.43. The third-order valence-electron chi connectivity index (χ3n) is 3.19. The molecule has 2 rings (SSSR count). The predicted octanol–water partition coefficient (Wildman–Crippen LogP) is 4.53. The molecule has 0 aliphatic rings. The molecule has 0 fully saturated rings. The van der Waals surface area contributed by atoms with Crippen LogP contribution in [0.25, 0.3) is 0 Å². The molecule has 4 nitrogen and oxygen atoms in total. The fraction of sp³-hybridized carbons (Fsp3) is 0.200. The number of sulfonamides is 1. The average molecular weight is 405 g/mol. The lowest BCUT2D eigenvalue weighted by Crippen LogP contribution is -2.16. The first-order valence-corrected chi connectivity index (χ1v) is 9.03. The summed E-state index contributed by atoms with van der Waals surface area (Å²) in [6, 6.07) is 8.50. The molecule has 2 aromatic carbocycles. The summed E-state index contributed by atoms with van der Waals surface area (Å²) in [5.74, 6) is 0.211. The van der Waals surface area contributed by atoms with Gasteiger partial charge in [-0.1, -0.05) is 29.8 Å². The highest BCUT2D eigenvalue weighted by molar-refractivity contribution is 9.10. The molecule has 0 radical (unpaired) electrons. The van der Waals surface area contributed by atoms with E-state index in [0.717, 1.165) is 11.1 Å². The summed E-state index contributed by atoms with van der Waals surface area (Å²) in [6.07, 6.45) is 0. The SMILES string of the molecule is COc1c(Br)cc(Cl)cc1S(=O)(=O)Nc1c(C)cccc1C. The van der Waals surface area contributed by atoms with Crippen molar-refractivity contribution < 1.29 is 13.2 Å². The van der Waals surface area contributed by atoms with E-state index in [1.165, 1.54) is 13.2 Å². The van der Waals surface area contributed by atoms with Crippen LogP contribution in [0.2, 0.25) is 5.02 Å². The maximum absolute atomic E-state index is 12.7. The third-order valence-corrected chi connectivity index (χ3v) is 5.35. The van der Waals surface area contributed by atoms with Crippen LogP contribution < -0.4 is 9.46 Å². The molecule has 0 unspecified atom stereocenters. The van der Waals surface area contributed by atoms with Crippen LogP contribution in [0.1, 0.15) is 11.1 Å². The lowest BCUT2D eigenvalue weighted by molar-refractivity contribution is 0.400. The van der Waals surface area contributed by atoms with Gasteiger partial charge in [0.2, 0.25) is 0 Å². The van der Waals surface area contributed by atoms with Gasteiger partial charge in [-0.05, 0) is 53.0 Å². The van der Waals surface area contributed by atoms with Crippen molar-refractivity contribution in [3.8, 4) is 5.75 Å². The zero-order chi connectivity index (χ0) is 16.5. The Bertz CT molecular complexity index is 802. The molecule has 0 saturated carbocycles. The standard InChI is InChI=1S/C15H15BrClNO3S/c1-9-5-4-6-10(2)14(9)18-22(19,20)13-8-11(17)7-12(16)15(13)21-3/h4-8,18H,1-3H3. The van der Waals surface area contributed by atoms with Crippen molar-refractivity contribution in [1.82, 2.24) is 0 Å². The highest BCUT2D eigenvalue weighted by Crippen LogP contribution is 2.36. The van der Waals surface area contributed by atoms with Gasteiger partial charge in [0.05, 0.1) is 17.3 Å². The van der Waals surface area contributed by atoms with E-state index in [4.69, 9.17) is 16.3 Å². The first-order chi connectivity index (χ1) is 10.3. The largest absolute Gasteiger partial charge is 0.494 e. The fourth-order valence-corrected chi connectivity index (χ4v) is 4.69. The number of benzene rings is 2. The first kappa shape index (κ1) is 17.1. The van der Waals surface area contributed by atoms with Crippen molar-refractivity contribution in [3.05, 3.63) is 51.0 Å². The molecule has 0 aliphatic heterocycles. The van der Waals surface area contributed by atoms with E-state index in [1.54, 1.807) is 6.07 Å². The predicted molar refractivity (Wildman–Crippen MR) is 92.4 cm³/mol. The van der Waals surface area contributed by atoms with E-state index in [9.17, 15) is 8.42 Å². The summed E-state index contributed by atoms with van der Waals surface area (Å²) in [4.78, 5) is -0.0166. The number of nitrogens with one attached hydrogen (secondary N) is 1. The van der Waals surface area contributed by atoms with Crippen molar-refractivity contribution in [2.75, 3.05) is 11.8 Å². The molecular weight excluding hydrogens is 390 g/mol. The van der Waals surface area contributed by atoms with Crippen LogP contribution in [-0.2, 0) is 10.0 Å². The van der Waals surface area contributed by atoms with Gasteiger partial charge in [0.1, 0.15) is 4.90 Å². The molecule has 22 heavy (non-hydrogen) atoms. The fourth-order valence-electron chi connectivity index (χ4n) is 2.10. The number of aryl methyl sites for hydroxylation is 2. The molecule has 0 aliphatic carbocycles. The third kappa shape index (κ3) is 3.39. The Hall–Kier alpha value is -1.24. The van der Waals surface area contributed by atoms with Crippen LogP contribution in [0, 0.1) is 13.8 Å². The second-order valence-electron chi connectivity index (χ2n) is 4.79. The van der Waals surface area contributed by atoms with Gasteiger partial charge in [0.15, 0.2) is 5.75 Å². The van der Waals surface area contributed by atoms with E-state index < -0.39 is 10.0 Å². The molecule has 0 saturated heterocycles. The van der Waals surface area contributed by atoms with Gasteiger partial charge in [-0.15, -0.1) is 0 Å². The normalized spacial score (nSPS) is 11.3. The Kier molecular flexibility index (Phi) is 5.04. The molecule has 0 bridgehead atoms. The van der Waals surface area contributed by atoms with Crippen molar-refractivity contribution in [2.24, 2.45) is 0 Å². The second-order valence-corrected chi connectivity index (χ2v) is 7.73. The van der Waals surface area contributed by atoms with Gasteiger partial charge in [0.25, 0.3) is 10.0 Å². The summed E-state index contributed by atoms with van der Waals surface area (Å²) >= 11 is 9.24. The van der Waals surface area contributed by atoms with Gasteiger partial charge in [0, 0.05) is 5.02 Å². The number of para-hydroxylation sites is 1. The van der Waals surface area contributed by atoms with Gasteiger partial charge < -0.3 is 4.74 Å². The highest BCUT2D eigenvalue weighted by atomic mass is 79.9. The van der Waals surface area contributed by atoms with Crippen LogP contribution in [-0.4, -0.2) is 15.5 Å². The van der Waals surface area contributed by atoms with Crippen LogP contribution in [0.4, 0.5) is 5.69 Å². The van der Waals surface area contributed by atoms with E-state index in [0.29, 0.717) is 15.2 Å². The number of ether oxygens (including phenoxy) is 1. The summed E-state index contributed by atoms with van der Waals surface area (Å²) in [6.45, 7) is 3.69. The Labute approximate surface area is 143 Å². The summed E-state index contributed by atoms with van der Waals surface area (Å²) in [5, 5.41) is 0.301. The number of hydrogen-bond donors (Lipinski definition) is 1. The highest BCUT2D eigenvalue weighted by Gasteiger charge is 2.23. The molecule has 0 atom stereocenters. The van der Waals surface area contributed by atoms with Gasteiger partial charge in [-0.2, -0.15) is 0 Å². The van der Waals surface area contributed by atoms with E-state index >= 15 is 0 Å². The minimum Gasteiger partial charge on any atom is -0.494 e. The second kappa shape index (κ2) is 6.48. The number of rotatable bonds is 4. The van der Waals surface area contributed by atoms with E-state index in [-0.39, 0.29) is 10.6 Å². The topological polar surface area (TPSA) is 55.4 Å². The lowest BCUT2D eigenvalue weighted by Gasteiger charge is -2.16. The molecule has 2 aromatic rings. The van der Waals surface area contributed by atoms with Crippen LogP contribution in [0.15, 0.2) is 39.7 Å². The smallest absolute Gasteiger partial charge is 0.265 e. The number of halogens is 2. The molecule has 7 heteroatoms. The van der Waals surface area contributed by atoms with Crippen LogP contribution >= 0.6 is 27.5 Å². The van der Waals surface area contributed by atoms with E-state index in [1.807, 2.05) is 32.0 Å². The van der Waals surface area contributed by atoms with Gasteiger partial charge in [-0.3, -0.25) is 4.72 Å². The number of anilines is 1. The molecule has 0 spiro atoms. The zero-order valence-electron chi connectivity index (χ0n) is 12.3. The van der Waals surface area contributed by atoms with Crippen molar-refractivity contribution in [3.63, 3.8) is 0 Å². The van der Waals surface area contributed by atoms with E-state index in [2.05, 4.69) is 20.7 Å². The number of hydrogen-bond acceptors (Lipinski definition) is 3. The monoisotopic (exact) mass is 403 g/mol. The summed E-state index contributed by atoms with van der Waals surface area (Å²) < 4.78 is 33.7. The Morgan fingerprint density at radius 1 is 1.18 bits per heavy atom. The lowest BCUT2D eigenvalue weighted by atomic mass is 10.1. The Morgan fingerprint density at radius 2 is 1.77 bits per heavy atom. The maximum Gasteiger partial charge on any atom is 0.265 e. The molecule has 0 aromatic heterocycles.